The van der Waals surface area contributed by atoms with Gasteiger partial charge in [-0.2, -0.15) is 0 Å². The van der Waals surface area contributed by atoms with E-state index >= 15 is 0 Å². The molecular weight excluding hydrogens is 302 g/mol. The molecule has 0 aliphatic carbocycles. The largest absolute Gasteiger partial charge is 0.496 e. The lowest BCUT2D eigenvalue weighted by Gasteiger charge is -2.06. The minimum absolute atomic E-state index is 0.0235. The second-order valence-electron chi connectivity index (χ2n) is 5.87. The Morgan fingerprint density at radius 3 is 2.67 bits per heavy atom. The Kier molecular flexibility index (Phi) is 2.56. The van der Waals surface area contributed by atoms with Crippen molar-refractivity contribution >= 4 is 21.8 Å². The van der Waals surface area contributed by atoms with Crippen molar-refractivity contribution in [3.05, 3.63) is 64.4 Å². The Morgan fingerprint density at radius 2 is 1.79 bits per heavy atom. The Balaban J connectivity index is 1.85. The van der Waals surface area contributed by atoms with Crippen LogP contribution in [0.3, 0.4) is 0 Å². The van der Waals surface area contributed by atoms with Crippen LogP contribution in [0.5, 0.6) is 5.75 Å². The number of para-hydroxylation sites is 1. The van der Waals surface area contributed by atoms with Crippen molar-refractivity contribution in [2.24, 2.45) is 0 Å². The van der Waals surface area contributed by atoms with Gasteiger partial charge in [0, 0.05) is 10.9 Å². The van der Waals surface area contributed by atoms with Crippen molar-refractivity contribution in [2.75, 3.05) is 7.11 Å². The summed E-state index contributed by atoms with van der Waals surface area (Å²) in [6, 6.07) is 15.2. The van der Waals surface area contributed by atoms with Crippen LogP contribution < -0.4 is 10.3 Å². The van der Waals surface area contributed by atoms with E-state index in [1.54, 1.807) is 11.7 Å². The van der Waals surface area contributed by atoms with Crippen molar-refractivity contribution in [3.63, 3.8) is 0 Å². The summed E-state index contributed by atoms with van der Waals surface area (Å²) < 4.78 is 7.13. The number of aromatic nitrogens is 3. The first-order chi connectivity index (χ1) is 11.8. The maximum absolute atomic E-state index is 12.8. The van der Waals surface area contributed by atoms with Gasteiger partial charge in [0.2, 0.25) is 0 Å². The maximum atomic E-state index is 12.8. The molecular formula is C19H13N3O2. The minimum atomic E-state index is -0.0235. The van der Waals surface area contributed by atoms with Crippen molar-refractivity contribution in [2.45, 2.75) is 6.54 Å². The normalized spacial score (nSPS) is 12.4. The molecule has 0 spiro atoms. The molecule has 0 amide bonds. The highest BCUT2D eigenvalue weighted by Crippen LogP contribution is 2.33. The third-order valence-corrected chi connectivity index (χ3v) is 4.52. The molecule has 0 unspecified atom stereocenters. The predicted molar refractivity (Wildman–Crippen MR) is 92.4 cm³/mol. The number of pyridine rings is 1. The Bertz CT molecular complexity index is 1190. The molecule has 5 heteroatoms. The smallest absolute Gasteiger partial charge is 0.262 e. The van der Waals surface area contributed by atoms with E-state index in [0.717, 1.165) is 27.9 Å². The van der Waals surface area contributed by atoms with Gasteiger partial charge in [0.05, 0.1) is 30.1 Å². The van der Waals surface area contributed by atoms with E-state index in [2.05, 4.69) is 11.1 Å². The van der Waals surface area contributed by atoms with Crippen LogP contribution in [0.25, 0.3) is 33.3 Å². The summed E-state index contributed by atoms with van der Waals surface area (Å²) in [6.45, 7) is 0.488. The van der Waals surface area contributed by atoms with Crippen molar-refractivity contribution in [1.82, 2.24) is 14.5 Å². The molecule has 2 aromatic carbocycles. The van der Waals surface area contributed by atoms with E-state index in [1.165, 1.54) is 0 Å². The molecule has 2 aromatic heterocycles. The first-order valence-corrected chi connectivity index (χ1v) is 7.73. The summed E-state index contributed by atoms with van der Waals surface area (Å²) >= 11 is 0. The molecule has 0 atom stereocenters. The summed E-state index contributed by atoms with van der Waals surface area (Å²) in [6.07, 6.45) is 0. The zero-order valence-electron chi connectivity index (χ0n) is 13.0. The fourth-order valence-corrected chi connectivity index (χ4v) is 3.37. The van der Waals surface area contributed by atoms with Crippen LogP contribution in [0.1, 0.15) is 5.56 Å². The molecule has 24 heavy (non-hydrogen) atoms. The lowest BCUT2D eigenvalue weighted by molar-refractivity contribution is 0.419. The van der Waals surface area contributed by atoms with Gasteiger partial charge in [0.25, 0.3) is 5.56 Å². The molecule has 4 aromatic rings. The molecule has 0 fully saturated rings. The van der Waals surface area contributed by atoms with E-state index in [4.69, 9.17) is 9.72 Å². The summed E-state index contributed by atoms with van der Waals surface area (Å²) in [5.74, 6) is 1.42. The summed E-state index contributed by atoms with van der Waals surface area (Å²) in [7, 11) is 1.65. The van der Waals surface area contributed by atoms with Gasteiger partial charge in [0.1, 0.15) is 11.4 Å². The second-order valence-corrected chi connectivity index (χ2v) is 5.87. The van der Waals surface area contributed by atoms with E-state index in [1.807, 2.05) is 42.5 Å². The second kappa shape index (κ2) is 4.64. The quantitative estimate of drug-likeness (QED) is 0.477. The van der Waals surface area contributed by atoms with Crippen LogP contribution in [0, 0.1) is 0 Å². The van der Waals surface area contributed by atoms with Crippen LogP contribution >= 0.6 is 0 Å². The van der Waals surface area contributed by atoms with Gasteiger partial charge < -0.3 is 4.74 Å². The first kappa shape index (κ1) is 13.2. The molecule has 1 aliphatic rings. The molecule has 3 heterocycles. The van der Waals surface area contributed by atoms with Gasteiger partial charge in [-0.25, -0.2) is 9.97 Å². The number of ether oxygens (including phenoxy) is 1. The van der Waals surface area contributed by atoms with E-state index in [0.29, 0.717) is 23.3 Å². The van der Waals surface area contributed by atoms with Gasteiger partial charge in [-0.05, 0) is 30.3 Å². The van der Waals surface area contributed by atoms with Gasteiger partial charge >= 0.3 is 0 Å². The van der Waals surface area contributed by atoms with Gasteiger partial charge in [-0.1, -0.05) is 18.2 Å². The highest BCUT2D eigenvalue weighted by atomic mass is 16.5. The van der Waals surface area contributed by atoms with Crippen LogP contribution in [0.2, 0.25) is 0 Å². The number of rotatable bonds is 1. The zero-order valence-corrected chi connectivity index (χ0v) is 13.0. The van der Waals surface area contributed by atoms with E-state index in [9.17, 15) is 4.79 Å². The van der Waals surface area contributed by atoms with Crippen LogP contribution in [-0.4, -0.2) is 21.6 Å². The van der Waals surface area contributed by atoms with E-state index < -0.39 is 0 Å². The molecule has 0 radical (unpaired) electrons. The number of hydrogen-bond donors (Lipinski definition) is 0. The molecule has 0 bridgehead atoms. The molecule has 1 aliphatic heterocycles. The number of methoxy groups -OCH3 is 1. The van der Waals surface area contributed by atoms with E-state index in [-0.39, 0.29) is 5.56 Å². The highest BCUT2D eigenvalue weighted by Gasteiger charge is 2.24. The van der Waals surface area contributed by atoms with Crippen molar-refractivity contribution in [3.8, 4) is 17.3 Å². The molecule has 0 saturated carbocycles. The molecule has 5 rings (SSSR count). The fraction of sp³-hybridized carbons (Fsp3) is 0.105. The highest BCUT2D eigenvalue weighted by molar-refractivity contribution is 5.89. The topological polar surface area (TPSA) is 57.0 Å². The molecule has 5 nitrogen and oxygen atoms in total. The van der Waals surface area contributed by atoms with Crippen LogP contribution in [0.15, 0.2) is 53.3 Å². The molecule has 0 N–H and O–H groups in total. The van der Waals surface area contributed by atoms with Gasteiger partial charge in [-0.15, -0.1) is 0 Å². The van der Waals surface area contributed by atoms with Crippen molar-refractivity contribution < 1.29 is 4.74 Å². The Morgan fingerprint density at radius 1 is 1.00 bits per heavy atom. The third-order valence-electron chi connectivity index (χ3n) is 4.52. The summed E-state index contributed by atoms with van der Waals surface area (Å²) in [5, 5.41) is 1.58. The number of nitrogens with zero attached hydrogens (tertiary/aromatic N) is 3. The lowest BCUT2D eigenvalue weighted by Crippen LogP contribution is -2.20. The number of hydrogen-bond acceptors (Lipinski definition) is 4. The van der Waals surface area contributed by atoms with Crippen LogP contribution in [0.4, 0.5) is 0 Å². The Labute approximate surface area is 137 Å². The monoisotopic (exact) mass is 315 g/mol. The van der Waals surface area contributed by atoms with Gasteiger partial charge in [-0.3, -0.25) is 9.36 Å². The molecule has 0 saturated heterocycles. The third kappa shape index (κ3) is 1.66. The van der Waals surface area contributed by atoms with Gasteiger partial charge in [0.15, 0.2) is 5.82 Å². The summed E-state index contributed by atoms with van der Waals surface area (Å²) in [5.41, 5.74) is 3.29. The predicted octanol–water partition coefficient (Wildman–Crippen LogP) is 2.98. The van der Waals surface area contributed by atoms with Crippen molar-refractivity contribution in [1.29, 1.82) is 0 Å². The van der Waals surface area contributed by atoms with Crippen LogP contribution in [-0.2, 0) is 6.54 Å². The molecule has 116 valence electrons. The zero-order chi connectivity index (χ0) is 16.3. The SMILES string of the molecule is COc1cccc2nc3c(cc12)Cn1c-3nc2ccccc2c1=O. The Hall–Kier alpha value is -3.21. The fourth-order valence-electron chi connectivity index (χ4n) is 3.37. The first-order valence-electron chi connectivity index (χ1n) is 7.73. The maximum Gasteiger partial charge on any atom is 0.262 e. The number of fused-ring (bicyclic) bond motifs is 5. The number of benzene rings is 2. The average molecular weight is 315 g/mol. The lowest BCUT2D eigenvalue weighted by atomic mass is 10.1. The summed E-state index contributed by atoms with van der Waals surface area (Å²) in [4.78, 5) is 22.2. The average Bonchev–Trinajstić information content (AvgIpc) is 2.97. The standard InChI is InChI=1S/C19H13N3O2/c1-24-16-8-4-7-15-13(16)9-11-10-22-18(17(11)20-15)21-14-6-3-2-5-12(14)19(22)23/h2-9H,10H2,1H3. The minimum Gasteiger partial charge on any atom is -0.496 e.